The molecule has 0 bridgehead atoms. The van der Waals surface area contributed by atoms with Crippen LogP contribution in [-0.4, -0.2) is 46.7 Å². The zero-order valence-corrected chi connectivity index (χ0v) is 14.7. The maximum Gasteiger partial charge on any atom is 0.325 e. The number of carbonyl (C=O) groups excluding carboxylic acids is 2. The van der Waals surface area contributed by atoms with Gasteiger partial charge >= 0.3 is 6.03 Å². The van der Waals surface area contributed by atoms with Crippen molar-refractivity contribution in [2.45, 2.75) is 51.7 Å². The number of aliphatic hydroxyl groups is 1. The first kappa shape index (κ1) is 18.3. The van der Waals surface area contributed by atoms with Gasteiger partial charge in [0.1, 0.15) is 24.0 Å². The van der Waals surface area contributed by atoms with Crippen molar-refractivity contribution >= 4 is 11.9 Å². The Morgan fingerprint density at radius 1 is 1.29 bits per heavy atom. The van der Waals surface area contributed by atoms with Crippen LogP contribution >= 0.6 is 0 Å². The summed E-state index contributed by atoms with van der Waals surface area (Å²) >= 11 is 0. The molecule has 0 radical (unpaired) electrons. The molecule has 1 aliphatic rings. The van der Waals surface area contributed by atoms with Gasteiger partial charge in [0.2, 0.25) is 0 Å². The lowest BCUT2D eigenvalue weighted by Gasteiger charge is -2.21. The number of β-amino-alcohol motifs (C(OH)–C–C–N with tert-alkyl or cyclic N) is 1. The van der Waals surface area contributed by atoms with Crippen LogP contribution in [0.15, 0.2) is 24.3 Å². The lowest BCUT2D eigenvalue weighted by molar-refractivity contribution is -0.131. The number of para-hydroxylation sites is 1. The highest BCUT2D eigenvalue weighted by Gasteiger charge is 2.44. The normalized spacial score (nSPS) is 19.1. The Bertz CT molecular complexity index is 615. The van der Waals surface area contributed by atoms with Gasteiger partial charge in [-0.3, -0.25) is 9.69 Å². The summed E-state index contributed by atoms with van der Waals surface area (Å²) < 4.78 is 5.73. The number of imide groups is 1. The number of hydrogen-bond donors (Lipinski definition) is 2. The zero-order valence-electron chi connectivity index (χ0n) is 14.7. The molecule has 3 amide bonds. The number of nitrogens with one attached hydrogen (secondary N) is 1. The minimum Gasteiger partial charge on any atom is -0.491 e. The van der Waals surface area contributed by atoms with Crippen LogP contribution in [0.2, 0.25) is 0 Å². The lowest BCUT2D eigenvalue weighted by Crippen LogP contribution is -2.42. The zero-order chi connectivity index (χ0) is 17.9. The van der Waals surface area contributed by atoms with E-state index in [2.05, 4.69) is 19.2 Å². The molecule has 1 aromatic rings. The van der Waals surface area contributed by atoms with Gasteiger partial charge in [-0.1, -0.05) is 32.0 Å². The van der Waals surface area contributed by atoms with Crippen molar-refractivity contribution < 1.29 is 19.4 Å². The van der Waals surface area contributed by atoms with Crippen LogP contribution in [0.5, 0.6) is 5.75 Å². The molecule has 6 heteroatoms. The first-order valence-electron chi connectivity index (χ1n) is 8.30. The lowest BCUT2D eigenvalue weighted by atomic mass is 9.98. The number of hydrogen-bond acceptors (Lipinski definition) is 4. The van der Waals surface area contributed by atoms with Crippen molar-refractivity contribution in [3.63, 3.8) is 0 Å². The summed E-state index contributed by atoms with van der Waals surface area (Å²) in [5.74, 6) is 0.736. The molecule has 6 nitrogen and oxygen atoms in total. The van der Waals surface area contributed by atoms with E-state index in [4.69, 9.17) is 4.74 Å². The molecule has 2 N–H and O–H groups in total. The molecule has 1 heterocycles. The van der Waals surface area contributed by atoms with Crippen LogP contribution in [0, 0.1) is 0 Å². The average molecular weight is 334 g/mol. The minimum absolute atomic E-state index is 0.0188. The maximum atomic E-state index is 12.1. The van der Waals surface area contributed by atoms with Gasteiger partial charge in [0.05, 0.1) is 6.54 Å². The Morgan fingerprint density at radius 2 is 1.96 bits per heavy atom. The van der Waals surface area contributed by atoms with Crippen LogP contribution in [0.25, 0.3) is 0 Å². The highest BCUT2D eigenvalue weighted by molar-refractivity contribution is 6.06. The van der Waals surface area contributed by atoms with Crippen molar-refractivity contribution in [3.05, 3.63) is 29.8 Å². The molecule has 2 atom stereocenters. The van der Waals surface area contributed by atoms with Crippen LogP contribution in [0.1, 0.15) is 45.6 Å². The topological polar surface area (TPSA) is 78.9 Å². The molecule has 132 valence electrons. The van der Waals surface area contributed by atoms with Crippen LogP contribution in [0.3, 0.4) is 0 Å². The Hall–Kier alpha value is -2.08. The summed E-state index contributed by atoms with van der Waals surface area (Å²) in [5, 5.41) is 12.8. The van der Waals surface area contributed by atoms with E-state index in [1.807, 2.05) is 24.3 Å². The Labute approximate surface area is 142 Å². The van der Waals surface area contributed by atoms with Crippen molar-refractivity contribution in [2.75, 3.05) is 13.2 Å². The maximum absolute atomic E-state index is 12.1. The number of carbonyl (C=O) groups is 2. The van der Waals surface area contributed by atoms with Crippen molar-refractivity contribution in [2.24, 2.45) is 0 Å². The Morgan fingerprint density at radius 3 is 2.54 bits per heavy atom. The van der Waals surface area contributed by atoms with Gasteiger partial charge in [-0.25, -0.2) is 4.79 Å². The van der Waals surface area contributed by atoms with Gasteiger partial charge in [0, 0.05) is 0 Å². The average Bonchev–Trinajstić information content (AvgIpc) is 2.74. The molecule has 0 unspecified atom stereocenters. The number of aliphatic hydroxyl groups excluding tert-OH is 1. The van der Waals surface area contributed by atoms with Gasteiger partial charge in [-0.15, -0.1) is 0 Å². The summed E-state index contributed by atoms with van der Waals surface area (Å²) in [4.78, 5) is 25.0. The van der Waals surface area contributed by atoms with Crippen molar-refractivity contribution in [3.8, 4) is 5.75 Å². The van der Waals surface area contributed by atoms with Gasteiger partial charge in [0.25, 0.3) is 5.91 Å². The van der Waals surface area contributed by atoms with Crippen molar-refractivity contribution in [1.82, 2.24) is 10.2 Å². The van der Waals surface area contributed by atoms with E-state index in [-0.39, 0.29) is 19.1 Å². The fourth-order valence-electron chi connectivity index (χ4n) is 2.67. The number of ether oxygens (including phenoxy) is 1. The molecule has 0 saturated carbocycles. The third-order valence-electron chi connectivity index (χ3n) is 4.33. The summed E-state index contributed by atoms with van der Waals surface area (Å²) in [6.45, 7) is 7.44. The quantitative estimate of drug-likeness (QED) is 0.750. The fraction of sp³-hybridized carbons (Fsp3) is 0.556. The molecule has 1 saturated heterocycles. The number of benzene rings is 1. The molecule has 0 spiro atoms. The summed E-state index contributed by atoms with van der Waals surface area (Å²) in [6, 6.07) is 7.23. The molecular formula is C18H26N2O4. The van der Waals surface area contributed by atoms with Gasteiger partial charge in [-0.05, 0) is 37.8 Å². The predicted molar refractivity (Wildman–Crippen MR) is 91.0 cm³/mol. The molecular weight excluding hydrogens is 308 g/mol. The smallest absolute Gasteiger partial charge is 0.325 e. The summed E-state index contributed by atoms with van der Waals surface area (Å²) in [5.41, 5.74) is 0.157. The predicted octanol–water partition coefficient (Wildman–Crippen LogP) is 2.27. The second kappa shape index (κ2) is 7.21. The number of rotatable bonds is 7. The number of nitrogens with zero attached hydrogens (tertiary/aromatic N) is 1. The Kier molecular flexibility index (Phi) is 5.49. The van der Waals surface area contributed by atoms with E-state index in [0.29, 0.717) is 5.92 Å². The third kappa shape index (κ3) is 3.87. The molecule has 0 aliphatic carbocycles. The summed E-state index contributed by atoms with van der Waals surface area (Å²) in [6.07, 6.45) is 0.0408. The third-order valence-corrected chi connectivity index (χ3v) is 4.33. The highest BCUT2D eigenvalue weighted by Crippen LogP contribution is 2.28. The highest BCUT2D eigenvalue weighted by atomic mass is 16.5. The minimum atomic E-state index is -0.946. The molecule has 1 aromatic carbocycles. The van der Waals surface area contributed by atoms with Crippen molar-refractivity contribution in [1.29, 1.82) is 0 Å². The molecule has 0 aromatic heterocycles. The molecule has 24 heavy (non-hydrogen) atoms. The summed E-state index contributed by atoms with van der Waals surface area (Å²) in [7, 11) is 0. The van der Waals surface area contributed by atoms with Crippen LogP contribution in [-0.2, 0) is 4.79 Å². The monoisotopic (exact) mass is 334 g/mol. The van der Waals surface area contributed by atoms with Gasteiger partial charge in [-0.2, -0.15) is 0 Å². The number of urea groups is 1. The van der Waals surface area contributed by atoms with Crippen LogP contribution in [0.4, 0.5) is 4.79 Å². The Balaban J connectivity index is 1.96. The second-order valence-electron chi connectivity index (χ2n) is 6.78. The van der Waals surface area contributed by atoms with E-state index in [1.165, 1.54) is 0 Å². The molecule has 1 aliphatic heterocycles. The first-order chi connectivity index (χ1) is 11.3. The first-order valence-corrected chi connectivity index (χ1v) is 8.30. The van der Waals surface area contributed by atoms with Gasteiger partial charge in [0.15, 0.2) is 0 Å². The van der Waals surface area contributed by atoms with E-state index in [9.17, 15) is 14.7 Å². The van der Waals surface area contributed by atoms with E-state index in [0.717, 1.165) is 22.6 Å². The van der Waals surface area contributed by atoms with E-state index >= 15 is 0 Å². The largest absolute Gasteiger partial charge is 0.491 e. The van der Waals surface area contributed by atoms with E-state index in [1.54, 1.807) is 13.8 Å². The van der Waals surface area contributed by atoms with Gasteiger partial charge < -0.3 is 15.2 Å². The second-order valence-corrected chi connectivity index (χ2v) is 6.78. The fourth-order valence-corrected chi connectivity index (χ4v) is 2.67. The molecule has 2 rings (SSSR count). The standard InChI is InChI=1S/C18H26N2O4/c1-5-12(2)14-8-6-7-9-15(14)24-11-13(21)10-20-16(22)18(3,4)19-17(20)23/h6-9,12-13,21H,5,10-11H2,1-4H3,(H,19,23)/t12-,13-/m1/s1. The van der Waals surface area contributed by atoms with Crippen LogP contribution < -0.4 is 10.1 Å². The van der Waals surface area contributed by atoms with E-state index < -0.39 is 17.7 Å². The molecule has 1 fully saturated rings. The number of amides is 3. The SMILES string of the molecule is CC[C@@H](C)c1ccccc1OC[C@H](O)CN1C(=O)NC(C)(C)C1=O.